The molecular formula is C18H32N2S. The summed E-state index contributed by atoms with van der Waals surface area (Å²) in [6.07, 6.45) is 6.66. The molecule has 0 aliphatic heterocycles. The Kier molecular flexibility index (Phi) is 5.84. The van der Waals surface area contributed by atoms with Crippen molar-refractivity contribution in [2.24, 2.45) is 17.3 Å². The number of nitrogens with one attached hydrogen (secondary N) is 1. The van der Waals surface area contributed by atoms with Crippen LogP contribution in [0.15, 0.2) is 5.38 Å². The summed E-state index contributed by atoms with van der Waals surface area (Å²) in [6.45, 7) is 12.6. The van der Waals surface area contributed by atoms with Gasteiger partial charge in [0, 0.05) is 23.5 Å². The van der Waals surface area contributed by atoms with Gasteiger partial charge in [-0.15, -0.1) is 11.3 Å². The van der Waals surface area contributed by atoms with Gasteiger partial charge in [0.25, 0.3) is 0 Å². The molecule has 0 spiro atoms. The van der Waals surface area contributed by atoms with Gasteiger partial charge < -0.3 is 5.32 Å². The Hall–Kier alpha value is -0.410. The molecule has 1 atom stereocenters. The van der Waals surface area contributed by atoms with Crippen molar-refractivity contribution < 1.29 is 0 Å². The number of hydrogen-bond donors (Lipinski definition) is 1. The molecule has 1 aromatic rings. The fraction of sp³-hybridized carbons (Fsp3) is 0.833. The van der Waals surface area contributed by atoms with Gasteiger partial charge in [0.15, 0.2) is 0 Å². The molecule has 1 fully saturated rings. The van der Waals surface area contributed by atoms with Gasteiger partial charge in [0.1, 0.15) is 0 Å². The van der Waals surface area contributed by atoms with E-state index in [-0.39, 0.29) is 0 Å². The monoisotopic (exact) mass is 308 g/mol. The number of rotatable bonds is 5. The molecule has 2 nitrogen and oxygen atoms in total. The summed E-state index contributed by atoms with van der Waals surface area (Å²) in [4.78, 5) is 4.66. The van der Waals surface area contributed by atoms with Gasteiger partial charge in [-0.05, 0) is 56.4 Å². The first kappa shape index (κ1) is 17.0. The van der Waals surface area contributed by atoms with Gasteiger partial charge in [-0.1, -0.05) is 27.7 Å². The summed E-state index contributed by atoms with van der Waals surface area (Å²) < 4.78 is 0. The summed E-state index contributed by atoms with van der Waals surface area (Å²) in [5.74, 6) is 1.73. The van der Waals surface area contributed by atoms with Crippen LogP contribution in [0.5, 0.6) is 0 Å². The molecule has 0 bridgehead atoms. The Morgan fingerprint density at radius 2 is 1.95 bits per heavy atom. The highest BCUT2D eigenvalue weighted by molar-refractivity contribution is 7.09. The molecule has 0 amide bonds. The van der Waals surface area contributed by atoms with Crippen LogP contribution < -0.4 is 5.32 Å². The molecule has 0 aromatic carbocycles. The lowest BCUT2D eigenvalue weighted by molar-refractivity contribution is 0.132. The molecule has 0 radical (unpaired) electrons. The minimum atomic E-state index is 0.477. The number of aromatic nitrogens is 1. The van der Waals surface area contributed by atoms with E-state index in [1.54, 1.807) is 0 Å². The van der Waals surface area contributed by atoms with Gasteiger partial charge in [-0.3, -0.25) is 0 Å². The largest absolute Gasteiger partial charge is 0.314 e. The third kappa shape index (κ3) is 4.79. The molecular weight excluding hydrogens is 276 g/mol. The predicted molar refractivity (Wildman–Crippen MR) is 92.9 cm³/mol. The lowest BCUT2D eigenvalue weighted by atomic mass is 9.68. The standard InChI is InChI=1S/C18H32N2S/c1-6-19-16(11-17-20-13(2)12-21-17)14-7-9-15(10-8-14)18(3,4)5/h12,14-16,19H,6-11H2,1-5H3. The average molecular weight is 309 g/mol. The van der Waals surface area contributed by atoms with E-state index in [0.29, 0.717) is 11.5 Å². The second-order valence-electron chi connectivity index (χ2n) is 7.73. The first-order chi connectivity index (χ1) is 9.90. The maximum absolute atomic E-state index is 4.66. The number of aryl methyl sites for hydroxylation is 1. The van der Waals surface area contributed by atoms with Crippen molar-refractivity contribution in [3.63, 3.8) is 0 Å². The van der Waals surface area contributed by atoms with Crippen molar-refractivity contribution in [1.82, 2.24) is 10.3 Å². The van der Waals surface area contributed by atoms with Crippen LogP contribution in [0.4, 0.5) is 0 Å². The highest BCUT2D eigenvalue weighted by Crippen LogP contribution is 2.41. The molecule has 1 N–H and O–H groups in total. The number of hydrogen-bond acceptors (Lipinski definition) is 3. The lowest BCUT2D eigenvalue weighted by Crippen LogP contribution is -2.40. The quantitative estimate of drug-likeness (QED) is 0.843. The maximum atomic E-state index is 4.66. The van der Waals surface area contributed by atoms with E-state index in [9.17, 15) is 0 Å². The van der Waals surface area contributed by atoms with Crippen molar-refractivity contribution in [1.29, 1.82) is 0 Å². The van der Waals surface area contributed by atoms with Gasteiger partial charge >= 0.3 is 0 Å². The topological polar surface area (TPSA) is 24.9 Å². The Morgan fingerprint density at radius 1 is 1.29 bits per heavy atom. The van der Waals surface area contributed by atoms with Gasteiger partial charge in [-0.2, -0.15) is 0 Å². The molecule has 1 heterocycles. The van der Waals surface area contributed by atoms with Crippen molar-refractivity contribution in [3.05, 3.63) is 16.1 Å². The molecule has 3 heteroatoms. The summed E-state index contributed by atoms with van der Waals surface area (Å²) in [5, 5.41) is 7.21. The third-order valence-corrected chi connectivity index (χ3v) is 6.08. The zero-order valence-corrected chi connectivity index (χ0v) is 15.2. The first-order valence-corrected chi connectivity index (χ1v) is 9.42. The minimum absolute atomic E-state index is 0.477. The van der Waals surface area contributed by atoms with Crippen LogP contribution in [0, 0.1) is 24.2 Å². The van der Waals surface area contributed by atoms with Crippen LogP contribution in [-0.2, 0) is 6.42 Å². The summed E-state index contributed by atoms with van der Waals surface area (Å²) >= 11 is 1.82. The maximum Gasteiger partial charge on any atom is 0.0943 e. The third-order valence-electron chi connectivity index (χ3n) is 5.09. The van der Waals surface area contributed by atoms with E-state index in [4.69, 9.17) is 0 Å². The molecule has 1 aliphatic carbocycles. The SMILES string of the molecule is CCNC(Cc1nc(C)cs1)C1CCC(C(C)(C)C)CC1. The van der Waals surface area contributed by atoms with Crippen LogP contribution in [0.1, 0.15) is 64.1 Å². The lowest BCUT2D eigenvalue weighted by Gasteiger charge is -2.39. The van der Waals surface area contributed by atoms with Crippen LogP contribution in [0.25, 0.3) is 0 Å². The molecule has 120 valence electrons. The average Bonchev–Trinajstić information content (AvgIpc) is 2.83. The Balaban J connectivity index is 1.93. The number of likely N-dealkylation sites (N-methyl/N-ethyl adjacent to an activating group) is 1. The van der Waals surface area contributed by atoms with E-state index in [2.05, 4.69) is 50.3 Å². The van der Waals surface area contributed by atoms with Crippen LogP contribution in [0.3, 0.4) is 0 Å². The van der Waals surface area contributed by atoms with Crippen molar-refractivity contribution >= 4 is 11.3 Å². The summed E-state index contributed by atoms with van der Waals surface area (Å²) in [5.41, 5.74) is 1.65. The fourth-order valence-corrected chi connectivity index (χ4v) is 4.57. The second kappa shape index (κ2) is 7.23. The van der Waals surface area contributed by atoms with E-state index in [1.807, 2.05) is 11.3 Å². The van der Waals surface area contributed by atoms with E-state index in [0.717, 1.165) is 24.8 Å². The first-order valence-electron chi connectivity index (χ1n) is 8.54. The Bertz CT molecular complexity index is 425. The molecule has 1 aromatic heterocycles. The molecule has 21 heavy (non-hydrogen) atoms. The molecule has 0 saturated heterocycles. The highest BCUT2D eigenvalue weighted by Gasteiger charge is 2.32. The van der Waals surface area contributed by atoms with Crippen LogP contribution >= 0.6 is 11.3 Å². The predicted octanol–water partition coefficient (Wildman–Crippen LogP) is 4.82. The fourth-order valence-electron chi connectivity index (χ4n) is 3.74. The van der Waals surface area contributed by atoms with Crippen LogP contribution in [-0.4, -0.2) is 17.6 Å². The normalized spacial score (nSPS) is 25.0. The van der Waals surface area contributed by atoms with Crippen molar-refractivity contribution in [2.45, 2.75) is 72.8 Å². The van der Waals surface area contributed by atoms with E-state index in [1.165, 1.54) is 36.4 Å². The highest BCUT2D eigenvalue weighted by atomic mass is 32.1. The van der Waals surface area contributed by atoms with Gasteiger partial charge in [0.2, 0.25) is 0 Å². The van der Waals surface area contributed by atoms with Crippen molar-refractivity contribution in [2.75, 3.05) is 6.54 Å². The zero-order chi connectivity index (χ0) is 15.5. The van der Waals surface area contributed by atoms with Crippen molar-refractivity contribution in [3.8, 4) is 0 Å². The Labute approximate surface area is 134 Å². The number of thiazole rings is 1. The number of nitrogens with zero attached hydrogens (tertiary/aromatic N) is 1. The zero-order valence-electron chi connectivity index (χ0n) is 14.4. The van der Waals surface area contributed by atoms with Gasteiger partial charge in [-0.25, -0.2) is 4.98 Å². The summed E-state index contributed by atoms with van der Waals surface area (Å²) in [7, 11) is 0. The second-order valence-corrected chi connectivity index (χ2v) is 8.67. The van der Waals surface area contributed by atoms with Crippen LogP contribution in [0.2, 0.25) is 0 Å². The van der Waals surface area contributed by atoms with E-state index < -0.39 is 0 Å². The molecule has 1 unspecified atom stereocenters. The minimum Gasteiger partial charge on any atom is -0.314 e. The smallest absolute Gasteiger partial charge is 0.0943 e. The Morgan fingerprint density at radius 3 is 2.43 bits per heavy atom. The summed E-state index contributed by atoms with van der Waals surface area (Å²) in [6, 6.07) is 0.612. The molecule has 1 aliphatic rings. The van der Waals surface area contributed by atoms with E-state index >= 15 is 0 Å². The molecule has 1 saturated carbocycles. The van der Waals surface area contributed by atoms with Gasteiger partial charge in [0.05, 0.1) is 5.01 Å². The molecule has 2 rings (SSSR count).